The van der Waals surface area contributed by atoms with Crippen molar-refractivity contribution in [1.29, 1.82) is 0 Å². The number of ether oxygens (including phenoxy) is 6. The molecular formula is C45H74BNO15. The van der Waals surface area contributed by atoms with Crippen LogP contribution in [-0.4, -0.2) is 120 Å². The van der Waals surface area contributed by atoms with Crippen LogP contribution < -0.4 is 5.73 Å². The number of carbonyl (C=O) groups is 3. The number of aliphatic hydroxyl groups is 2. The van der Waals surface area contributed by atoms with Crippen LogP contribution in [0.3, 0.4) is 0 Å². The Morgan fingerprint density at radius 1 is 0.790 bits per heavy atom. The lowest BCUT2D eigenvalue weighted by Crippen LogP contribution is -2.68. The Kier molecular flexibility index (Phi) is 13.8. The van der Waals surface area contributed by atoms with Crippen molar-refractivity contribution < 1.29 is 77.4 Å². The monoisotopic (exact) mass is 880 g/mol. The van der Waals surface area contributed by atoms with Crippen molar-refractivity contribution in [3.8, 4) is 0 Å². The van der Waals surface area contributed by atoms with Crippen LogP contribution >= 0.6 is 0 Å². The first-order chi connectivity index (χ1) is 29.0. The predicted molar refractivity (Wildman–Crippen MR) is 222 cm³/mol. The van der Waals surface area contributed by atoms with Crippen LogP contribution in [0.2, 0.25) is 0 Å². The summed E-state index contributed by atoms with van der Waals surface area (Å²) in [6.07, 6.45) is -0.138. The van der Waals surface area contributed by atoms with E-state index >= 15 is 4.79 Å². The molecule has 0 aromatic heterocycles. The molecule has 352 valence electrons. The molecule has 6 saturated heterocycles. The van der Waals surface area contributed by atoms with Crippen molar-refractivity contribution >= 4 is 24.9 Å². The molecule has 0 saturated carbocycles. The smallest absolute Gasteiger partial charge is 0.504 e. The Bertz CT molecular complexity index is 1680. The van der Waals surface area contributed by atoms with Crippen molar-refractivity contribution in [2.75, 3.05) is 0 Å². The number of hydrogen-bond donors (Lipinski definition) is 3. The minimum absolute atomic E-state index is 0.0893. The lowest BCUT2D eigenvalue weighted by Gasteiger charge is -2.52. The molecule has 0 aromatic carbocycles. The van der Waals surface area contributed by atoms with E-state index in [1.807, 2.05) is 74.5 Å². The van der Waals surface area contributed by atoms with Crippen LogP contribution in [0.4, 0.5) is 0 Å². The molecule has 0 aromatic rings. The molecule has 0 radical (unpaired) electrons. The third-order valence-electron chi connectivity index (χ3n) is 15.6. The molecule has 0 amide bonds. The number of allylic oxidation sites excluding steroid dienone is 1. The lowest BCUT2D eigenvalue weighted by molar-refractivity contribution is -0.419. The summed E-state index contributed by atoms with van der Waals surface area (Å²) < 4.78 is 66.1. The molecule has 62 heavy (non-hydrogen) atoms. The second kappa shape index (κ2) is 17.9. The van der Waals surface area contributed by atoms with Crippen LogP contribution in [0, 0.1) is 28.6 Å². The molecule has 0 aliphatic carbocycles. The van der Waals surface area contributed by atoms with Gasteiger partial charge in [0.25, 0.3) is 0 Å². The fourth-order valence-electron chi connectivity index (χ4n) is 10.6. The Balaban J connectivity index is 1.36. The van der Waals surface area contributed by atoms with Crippen LogP contribution in [0.1, 0.15) is 140 Å². The largest absolute Gasteiger partial charge is 0.536 e. The highest BCUT2D eigenvalue weighted by molar-refractivity contribution is 6.56. The zero-order chi connectivity index (χ0) is 45.2. The molecule has 6 fully saturated rings. The molecule has 7 heterocycles. The summed E-state index contributed by atoms with van der Waals surface area (Å²) in [6.45, 7) is 15.3. The van der Waals surface area contributed by atoms with E-state index in [-0.39, 0.29) is 18.4 Å². The fraction of sp³-hybridized carbons (Fsp3) is 0.889. The first-order valence-corrected chi connectivity index (χ1v) is 23.4. The maximum absolute atomic E-state index is 15.0. The van der Waals surface area contributed by atoms with E-state index in [2.05, 4.69) is 5.73 Å². The standard InChI is InChI=1S/C45H73BNO15/c1-24(2)36(47)39(50)54-27(5)30-16-12-11-13-17-32(48)42(7,8)34-21-19-26(4)45(57-34)38-41(52)56-31-23-29(53-28(31)6)15-14-18-33(49)43(9,10)35-22-20-25(3)44(58-35)37(40(51)55-30)59-46(60-38,61-44)62-45/h11-12,24-38,48-49H,13-23,47H2,1-10H3/q-1/p+1/b12-11+/t25-,26-,27-,28-,29-,30+,31+,32+,33-,34+,35+,36-,37?,38?,44+,45+,46?/m1/s1. The molecule has 9 bridgehead atoms. The van der Waals surface area contributed by atoms with Crippen molar-refractivity contribution in [3.63, 3.8) is 0 Å². The van der Waals surface area contributed by atoms with Gasteiger partial charge in [0.05, 0.1) is 36.6 Å². The number of hydrogen-bond acceptors (Lipinski definition) is 15. The van der Waals surface area contributed by atoms with Gasteiger partial charge in [0.15, 0.2) is 29.8 Å². The lowest BCUT2D eigenvalue weighted by atomic mass is 9.73. The van der Waals surface area contributed by atoms with Gasteiger partial charge in [-0.15, -0.1) is 0 Å². The zero-order valence-electron chi connectivity index (χ0n) is 38.6. The van der Waals surface area contributed by atoms with Gasteiger partial charge in [-0.2, -0.15) is 0 Å². The number of cyclic esters (lactones) is 1. The van der Waals surface area contributed by atoms with Crippen LogP contribution in [-0.2, 0) is 61.4 Å². The van der Waals surface area contributed by atoms with Gasteiger partial charge < -0.3 is 63.0 Å². The van der Waals surface area contributed by atoms with Gasteiger partial charge in [-0.1, -0.05) is 67.5 Å². The van der Waals surface area contributed by atoms with E-state index in [4.69, 9.17) is 47.0 Å². The minimum Gasteiger partial charge on any atom is -0.504 e. The highest BCUT2D eigenvalue weighted by Crippen LogP contribution is 2.57. The SMILES string of the molecule is CC(C)[C@@H]([NH3+])C(=O)O[C@H](C)[C@@H]1C/C=C/CC[C@H](O)C(C)(C)[C@@H]2CC[C@@H](C)[C@]3(O2)O[B-]24OC(C(=O)O1)[C@@]1(O[C@@H](CC[C@H]1C)C(C)(C)[C@H](O)CCC[C@@H]1C[C@H](OC(=O)C3O2)[C@@H](C)O1)O4. The molecule has 16 nitrogen and oxygen atoms in total. The Morgan fingerprint density at radius 3 is 1.90 bits per heavy atom. The maximum Gasteiger partial charge on any atom is 0.536 e. The summed E-state index contributed by atoms with van der Waals surface area (Å²) in [5.41, 5.74) is 2.31. The number of rotatable bonds is 4. The van der Waals surface area contributed by atoms with E-state index < -0.39 is 126 Å². The highest BCUT2D eigenvalue weighted by Gasteiger charge is 2.73. The second-order valence-electron chi connectivity index (χ2n) is 21.0. The topological polar surface area (TPSA) is 212 Å². The summed E-state index contributed by atoms with van der Waals surface area (Å²) in [6, 6.07) is -0.652. The van der Waals surface area contributed by atoms with Gasteiger partial charge in [-0.05, 0) is 71.6 Å². The third kappa shape index (κ3) is 8.78. The summed E-state index contributed by atoms with van der Waals surface area (Å²) in [7, 11) is 0. The summed E-state index contributed by atoms with van der Waals surface area (Å²) >= 11 is 0. The maximum atomic E-state index is 15.0. The summed E-state index contributed by atoms with van der Waals surface area (Å²) in [5.74, 6) is -7.04. The van der Waals surface area contributed by atoms with E-state index in [0.717, 1.165) is 0 Å². The molecule has 17 atom stereocenters. The van der Waals surface area contributed by atoms with Crippen molar-refractivity contribution in [2.24, 2.45) is 28.6 Å². The Hall–Kier alpha value is -2.19. The van der Waals surface area contributed by atoms with Gasteiger partial charge in [0, 0.05) is 41.4 Å². The molecule has 3 unspecified atom stereocenters. The van der Waals surface area contributed by atoms with Gasteiger partial charge in [-0.25, -0.2) is 14.4 Å². The Labute approximate surface area is 366 Å². The number of quaternary nitrogens is 1. The fourth-order valence-corrected chi connectivity index (χ4v) is 10.6. The van der Waals surface area contributed by atoms with E-state index in [1.54, 1.807) is 6.92 Å². The quantitative estimate of drug-likeness (QED) is 0.157. The molecule has 3 spiro atoms. The average Bonchev–Trinajstić information content (AvgIpc) is 3.84. The summed E-state index contributed by atoms with van der Waals surface area (Å²) in [5, 5.41) is 23.6. The minimum atomic E-state index is -3.52. The van der Waals surface area contributed by atoms with E-state index in [1.165, 1.54) is 0 Å². The zero-order valence-corrected chi connectivity index (χ0v) is 38.6. The molecule has 17 heteroatoms. The van der Waals surface area contributed by atoms with Crippen LogP contribution in [0.15, 0.2) is 12.2 Å². The molecule has 5 N–H and O–H groups in total. The predicted octanol–water partition coefficient (Wildman–Crippen LogP) is 4.17. The van der Waals surface area contributed by atoms with Crippen molar-refractivity contribution in [1.82, 2.24) is 0 Å². The normalized spacial score (nSPS) is 46.3. The van der Waals surface area contributed by atoms with Gasteiger partial charge in [0.2, 0.25) is 0 Å². The number of esters is 3. The molecule has 7 aliphatic heterocycles. The van der Waals surface area contributed by atoms with Gasteiger partial charge in [0.1, 0.15) is 18.3 Å². The Morgan fingerprint density at radius 2 is 1.34 bits per heavy atom. The van der Waals surface area contributed by atoms with E-state index in [0.29, 0.717) is 64.2 Å². The number of aliphatic hydroxyl groups excluding tert-OH is 2. The van der Waals surface area contributed by atoms with Crippen LogP contribution in [0.25, 0.3) is 0 Å². The molecule has 7 aliphatic rings. The summed E-state index contributed by atoms with van der Waals surface area (Å²) in [4.78, 5) is 43.0. The van der Waals surface area contributed by atoms with Crippen molar-refractivity contribution in [2.45, 2.75) is 225 Å². The average molecular weight is 880 g/mol. The van der Waals surface area contributed by atoms with Crippen molar-refractivity contribution in [3.05, 3.63) is 12.2 Å². The molecular weight excluding hydrogens is 805 g/mol. The highest BCUT2D eigenvalue weighted by atomic mass is 17.0. The molecule has 7 rings (SSSR count). The van der Waals surface area contributed by atoms with E-state index in [9.17, 15) is 19.8 Å². The van der Waals surface area contributed by atoms with Gasteiger partial charge in [-0.3, -0.25) is 0 Å². The van der Waals surface area contributed by atoms with Crippen LogP contribution in [0.5, 0.6) is 0 Å². The number of fused-ring (bicyclic) bond motifs is 6. The number of carbonyl (C=O) groups excluding carboxylic acids is 3. The van der Waals surface area contributed by atoms with Gasteiger partial charge >= 0.3 is 24.9 Å². The third-order valence-corrected chi connectivity index (χ3v) is 15.6. The first kappa shape index (κ1) is 47.8. The first-order valence-electron chi connectivity index (χ1n) is 23.4. The second-order valence-corrected chi connectivity index (χ2v) is 21.0.